The molecule has 0 bridgehead atoms. The predicted octanol–water partition coefficient (Wildman–Crippen LogP) is 5.79. The number of benzene rings is 3. The van der Waals surface area contributed by atoms with Crippen molar-refractivity contribution in [3.63, 3.8) is 0 Å². The number of fused-ring (bicyclic) bond motifs is 1. The van der Waals surface area contributed by atoms with Crippen molar-refractivity contribution >= 4 is 16.8 Å². The van der Waals surface area contributed by atoms with Crippen molar-refractivity contribution in [1.29, 1.82) is 0 Å². The number of carbonyl (C=O) groups excluding carboxylic acids is 1. The summed E-state index contributed by atoms with van der Waals surface area (Å²) in [6.45, 7) is 5.57. The Morgan fingerprint density at radius 3 is 2.45 bits per heavy atom. The fourth-order valence-electron chi connectivity index (χ4n) is 6.90. The zero-order valence-electron chi connectivity index (χ0n) is 23.1. The largest absolute Gasteiger partial charge is 0.508 e. The molecular weight excluding hydrogens is 496 g/mol. The number of piperidine rings is 2. The number of nitrogens with one attached hydrogen (secondary N) is 2. The molecule has 1 aromatic heterocycles. The number of phenols is 1. The molecule has 2 saturated heterocycles. The third-order valence-electron chi connectivity index (χ3n) is 8.89. The van der Waals surface area contributed by atoms with Crippen molar-refractivity contribution in [2.45, 2.75) is 51.2 Å². The molecule has 0 saturated carbocycles. The third-order valence-corrected chi connectivity index (χ3v) is 8.89. The van der Waals surface area contributed by atoms with E-state index < -0.39 is 0 Å². The van der Waals surface area contributed by atoms with Crippen LogP contribution in [-0.4, -0.2) is 52.7 Å². The van der Waals surface area contributed by atoms with Crippen LogP contribution in [0.2, 0.25) is 0 Å². The molecular formula is C34H39N4O2+. The summed E-state index contributed by atoms with van der Waals surface area (Å²) in [5, 5.41) is 17.6. The van der Waals surface area contributed by atoms with Crippen LogP contribution in [0.4, 0.5) is 0 Å². The Morgan fingerprint density at radius 2 is 1.68 bits per heavy atom. The second-order valence-electron chi connectivity index (χ2n) is 11.4. The van der Waals surface area contributed by atoms with E-state index in [1.54, 1.807) is 18.2 Å². The van der Waals surface area contributed by atoms with Crippen molar-refractivity contribution in [2.75, 3.05) is 26.2 Å². The minimum atomic E-state index is -0.0883. The lowest BCUT2D eigenvalue weighted by Crippen LogP contribution is -2.60. The number of nitrogens with zero attached hydrogens (tertiary/aromatic N) is 2. The predicted molar refractivity (Wildman–Crippen MR) is 160 cm³/mol. The second kappa shape index (κ2) is 11.8. The standard InChI is InChI=1S/C34H38N4O2/c39-28-13-9-10-25(22-28)23-36-34(40)32-29-14-5-6-15-31(29)37-33(26-11-3-1-4-12-26)30(32)24-38(20-7-2-8-21-38)27-16-18-35-19-17-27/h1,3-6,9-15,22,27,35H,2,7-8,16-21,23-24H2,(H-,36,39,40)/p+1. The molecule has 3 heterocycles. The molecule has 40 heavy (non-hydrogen) atoms. The summed E-state index contributed by atoms with van der Waals surface area (Å²) >= 11 is 0. The molecule has 2 fully saturated rings. The first-order valence-electron chi connectivity index (χ1n) is 14.7. The van der Waals surface area contributed by atoms with Crippen LogP contribution in [0.3, 0.4) is 0 Å². The molecule has 2 aliphatic rings. The van der Waals surface area contributed by atoms with Gasteiger partial charge in [-0.25, -0.2) is 4.98 Å². The monoisotopic (exact) mass is 535 g/mol. The van der Waals surface area contributed by atoms with Crippen LogP contribution < -0.4 is 10.6 Å². The third kappa shape index (κ3) is 5.47. The number of phenolic OH excluding ortho intramolecular Hbond substituents is 1. The average Bonchev–Trinajstić information content (AvgIpc) is 3.01. The van der Waals surface area contributed by atoms with Gasteiger partial charge in [-0.05, 0) is 43.0 Å². The number of amides is 1. The minimum Gasteiger partial charge on any atom is -0.508 e. The SMILES string of the molecule is O=C(NCc1cccc(O)c1)c1c(C[N+]2(C3CCNCC3)CCCCC2)c(-c2ccccc2)nc2ccccc12. The van der Waals surface area contributed by atoms with Gasteiger partial charge in [0.1, 0.15) is 12.3 Å². The van der Waals surface area contributed by atoms with E-state index in [4.69, 9.17) is 4.98 Å². The van der Waals surface area contributed by atoms with Gasteiger partial charge in [-0.15, -0.1) is 0 Å². The van der Waals surface area contributed by atoms with E-state index in [-0.39, 0.29) is 11.7 Å². The van der Waals surface area contributed by atoms with Crippen LogP contribution in [0.25, 0.3) is 22.2 Å². The molecule has 206 valence electrons. The van der Waals surface area contributed by atoms with Gasteiger partial charge in [0.2, 0.25) is 0 Å². The van der Waals surface area contributed by atoms with Gasteiger partial charge in [0.25, 0.3) is 5.91 Å². The number of quaternary nitrogens is 1. The number of carbonyl (C=O) groups is 1. The Labute approximate surface area is 236 Å². The maximum atomic E-state index is 14.2. The van der Waals surface area contributed by atoms with Crippen LogP contribution in [0.5, 0.6) is 5.75 Å². The summed E-state index contributed by atoms with van der Waals surface area (Å²) in [4.78, 5) is 19.4. The van der Waals surface area contributed by atoms with Crippen LogP contribution >= 0.6 is 0 Å². The van der Waals surface area contributed by atoms with Crippen LogP contribution in [0, 0.1) is 0 Å². The quantitative estimate of drug-likeness (QED) is 0.262. The molecule has 2 aliphatic heterocycles. The fraction of sp³-hybridized carbons (Fsp3) is 0.353. The smallest absolute Gasteiger partial charge is 0.252 e. The first-order valence-corrected chi connectivity index (χ1v) is 14.7. The topological polar surface area (TPSA) is 74.2 Å². The number of likely N-dealkylation sites (tertiary alicyclic amines) is 1. The molecule has 1 amide bonds. The fourth-order valence-corrected chi connectivity index (χ4v) is 6.90. The molecule has 0 unspecified atom stereocenters. The summed E-state index contributed by atoms with van der Waals surface area (Å²) in [5.74, 6) is 0.112. The van der Waals surface area contributed by atoms with Gasteiger partial charge < -0.3 is 20.2 Å². The highest BCUT2D eigenvalue weighted by Crippen LogP contribution is 2.37. The van der Waals surface area contributed by atoms with Gasteiger partial charge in [0.15, 0.2) is 0 Å². The van der Waals surface area contributed by atoms with Crippen molar-refractivity contribution in [1.82, 2.24) is 15.6 Å². The summed E-state index contributed by atoms with van der Waals surface area (Å²) in [6, 6.07) is 26.1. The molecule has 6 nitrogen and oxygen atoms in total. The van der Waals surface area contributed by atoms with Crippen LogP contribution in [-0.2, 0) is 13.1 Å². The Balaban J connectivity index is 1.49. The van der Waals surface area contributed by atoms with Gasteiger partial charge in [0.05, 0.1) is 35.9 Å². The normalized spacial score (nSPS) is 17.5. The molecule has 0 spiro atoms. The van der Waals surface area contributed by atoms with Crippen molar-refractivity contribution < 1.29 is 14.4 Å². The number of aromatic hydroxyl groups is 1. The van der Waals surface area contributed by atoms with E-state index in [1.165, 1.54) is 32.1 Å². The van der Waals surface area contributed by atoms with E-state index in [9.17, 15) is 9.90 Å². The van der Waals surface area contributed by atoms with Crippen molar-refractivity contribution in [3.05, 3.63) is 95.6 Å². The maximum Gasteiger partial charge on any atom is 0.252 e. The molecule has 0 aliphatic carbocycles. The van der Waals surface area contributed by atoms with Gasteiger partial charge in [-0.2, -0.15) is 0 Å². The van der Waals surface area contributed by atoms with Crippen LogP contribution in [0.15, 0.2) is 78.9 Å². The highest BCUT2D eigenvalue weighted by atomic mass is 16.3. The zero-order valence-corrected chi connectivity index (χ0v) is 23.1. The Kier molecular flexibility index (Phi) is 7.80. The molecule has 3 N–H and O–H groups in total. The minimum absolute atomic E-state index is 0.0883. The van der Waals surface area contributed by atoms with Crippen molar-refractivity contribution in [2.24, 2.45) is 0 Å². The Hall–Kier alpha value is -3.74. The van der Waals surface area contributed by atoms with Gasteiger partial charge in [-0.1, -0.05) is 60.7 Å². The maximum absolute atomic E-state index is 14.2. The molecule has 6 heteroatoms. The lowest BCUT2D eigenvalue weighted by molar-refractivity contribution is -0.968. The van der Waals surface area contributed by atoms with E-state index in [0.29, 0.717) is 12.6 Å². The summed E-state index contributed by atoms with van der Waals surface area (Å²) < 4.78 is 1.04. The first-order chi connectivity index (χ1) is 19.6. The van der Waals surface area contributed by atoms with E-state index in [1.807, 2.05) is 36.4 Å². The molecule has 0 radical (unpaired) electrons. The van der Waals surface area contributed by atoms with Crippen molar-refractivity contribution in [3.8, 4) is 17.0 Å². The molecule has 6 rings (SSSR count). The summed E-state index contributed by atoms with van der Waals surface area (Å²) in [7, 11) is 0. The van der Waals surface area contributed by atoms with E-state index in [2.05, 4.69) is 34.9 Å². The number of aromatic nitrogens is 1. The van der Waals surface area contributed by atoms with E-state index >= 15 is 0 Å². The highest BCUT2D eigenvalue weighted by Gasteiger charge is 2.41. The van der Waals surface area contributed by atoms with Crippen LogP contribution in [0.1, 0.15) is 53.6 Å². The number of hydrogen-bond acceptors (Lipinski definition) is 4. The van der Waals surface area contributed by atoms with E-state index in [0.717, 1.165) is 76.1 Å². The summed E-state index contributed by atoms with van der Waals surface area (Å²) in [5.41, 5.74) is 5.45. The van der Waals surface area contributed by atoms with Gasteiger partial charge >= 0.3 is 0 Å². The molecule has 3 aromatic carbocycles. The van der Waals surface area contributed by atoms with Gasteiger partial charge in [0, 0.05) is 49.0 Å². The number of rotatable bonds is 7. The highest BCUT2D eigenvalue weighted by molar-refractivity contribution is 6.09. The second-order valence-corrected chi connectivity index (χ2v) is 11.4. The number of pyridine rings is 1. The Bertz CT molecular complexity index is 1470. The summed E-state index contributed by atoms with van der Waals surface area (Å²) in [6.07, 6.45) is 6.07. The Morgan fingerprint density at radius 1 is 0.925 bits per heavy atom. The lowest BCUT2D eigenvalue weighted by atomic mass is 9.91. The molecule has 4 aromatic rings. The average molecular weight is 536 g/mol. The number of para-hydroxylation sites is 1. The first kappa shape index (κ1) is 26.5. The number of hydrogen-bond donors (Lipinski definition) is 3. The lowest BCUT2D eigenvalue weighted by Gasteiger charge is -2.49. The zero-order chi connectivity index (χ0) is 27.4. The van der Waals surface area contributed by atoms with Gasteiger partial charge in [-0.3, -0.25) is 4.79 Å². The molecule has 0 atom stereocenters.